The minimum absolute atomic E-state index is 0.970. The van der Waals surface area contributed by atoms with Crippen LogP contribution in [0.2, 0.25) is 0 Å². The van der Waals surface area contributed by atoms with E-state index in [0.29, 0.717) is 0 Å². The van der Waals surface area contributed by atoms with Crippen molar-refractivity contribution in [2.75, 3.05) is 36.0 Å². The number of nitrogens with zero attached hydrogens (tertiary/aromatic N) is 4. The Bertz CT molecular complexity index is 1410. The van der Waals surface area contributed by atoms with Crippen LogP contribution in [-0.2, 0) is 0 Å². The Morgan fingerprint density at radius 1 is 0.412 bits per heavy atom. The fourth-order valence-electron chi connectivity index (χ4n) is 6.80. The highest BCUT2D eigenvalue weighted by Crippen LogP contribution is 2.26. The molecule has 0 amide bonds. The molecular weight excluding hydrogens is 641 g/mol. The van der Waals surface area contributed by atoms with Crippen LogP contribution < -0.4 is 9.80 Å². The molecular formula is C46H66N4S. The van der Waals surface area contributed by atoms with Gasteiger partial charge in [0.15, 0.2) is 0 Å². The van der Waals surface area contributed by atoms with Gasteiger partial charge >= 0.3 is 0 Å². The van der Waals surface area contributed by atoms with Crippen molar-refractivity contribution in [3.05, 3.63) is 82.9 Å². The fourth-order valence-corrected chi connectivity index (χ4v) is 7.38. The Kier molecular flexibility index (Phi) is 18.9. The first-order chi connectivity index (χ1) is 25.2. The van der Waals surface area contributed by atoms with Gasteiger partial charge in [0.25, 0.3) is 0 Å². The molecule has 5 heteroatoms. The van der Waals surface area contributed by atoms with Crippen LogP contribution in [0.5, 0.6) is 0 Å². The summed E-state index contributed by atoms with van der Waals surface area (Å²) in [6.45, 7) is 13.8. The lowest BCUT2D eigenvalue weighted by Crippen LogP contribution is -2.25. The van der Waals surface area contributed by atoms with Gasteiger partial charge in [0.1, 0.15) is 11.0 Å². The molecule has 3 aromatic carbocycles. The first-order valence-corrected chi connectivity index (χ1v) is 21.2. The van der Waals surface area contributed by atoms with Crippen LogP contribution in [-0.4, -0.2) is 34.9 Å². The molecule has 0 aliphatic rings. The topological polar surface area (TPSA) is 32.3 Å². The van der Waals surface area contributed by atoms with E-state index < -0.39 is 0 Å². The summed E-state index contributed by atoms with van der Waals surface area (Å²) in [4.78, 5) is 5.20. The molecule has 1 aromatic heterocycles. The molecule has 0 atom stereocenters. The number of fused-ring (bicyclic) bond motifs is 1. The van der Waals surface area contributed by atoms with Crippen molar-refractivity contribution in [1.29, 1.82) is 0 Å². The molecule has 1 heterocycles. The lowest BCUT2D eigenvalue weighted by atomic mass is 10.0. The number of hydrogen-bond acceptors (Lipinski definition) is 5. The molecule has 4 nitrogen and oxygen atoms in total. The minimum atomic E-state index is 0.970. The molecule has 0 radical (unpaired) electrons. The average Bonchev–Trinajstić information content (AvgIpc) is 3.67. The van der Waals surface area contributed by atoms with Crippen LogP contribution >= 0.6 is 11.7 Å². The van der Waals surface area contributed by atoms with Gasteiger partial charge in [-0.15, -0.1) is 0 Å². The largest absolute Gasteiger partial charge is 0.372 e. The van der Waals surface area contributed by atoms with Crippen molar-refractivity contribution in [3.8, 4) is 0 Å². The van der Waals surface area contributed by atoms with Crippen LogP contribution in [0.1, 0.15) is 153 Å². The SMILES string of the molecule is CCCCCCN(CCCCCC)c1ccc(/C=C/c2ccc(/C=C/c3ccc(N(CCCCCC)CCCCCC)cc3)c3nsnc23)cc1. The summed E-state index contributed by atoms with van der Waals surface area (Å²) >= 11 is 1.29. The number of benzene rings is 3. The summed E-state index contributed by atoms with van der Waals surface area (Å²) < 4.78 is 9.41. The zero-order chi connectivity index (χ0) is 35.9. The van der Waals surface area contributed by atoms with Crippen molar-refractivity contribution >= 4 is 58.4 Å². The first-order valence-electron chi connectivity index (χ1n) is 20.5. The summed E-state index contributed by atoms with van der Waals surface area (Å²) in [5.41, 5.74) is 9.26. The number of hydrogen-bond donors (Lipinski definition) is 0. The first kappa shape index (κ1) is 40.3. The third-order valence-corrected chi connectivity index (χ3v) is 10.6. The van der Waals surface area contributed by atoms with E-state index in [9.17, 15) is 0 Å². The molecule has 0 unspecified atom stereocenters. The molecule has 4 rings (SSSR count). The van der Waals surface area contributed by atoms with Crippen LogP contribution in [0, 0.1) is 0 Å². The quantitative estimate of drug-likeness (QED) is 0.0481. The van der Waals surface area contributed by atoms with Gasteiger partial charge in [-0.3, -0.25) is 0 Å². The van der Waals surface area contributed by atoms with Crippen molar-refractivity contribution in [1.82, 2.24) is 8.75 Å². The zero-order valence-electron chi connectivity index (χ0n) is 32.4. The molecule has 0 N–H and O–H groups in total. The number of anilines is 2. The second-order valence-electron chi connectivity index (χ2n) is 14.3. The van der Waals surface area contributed by atoms with E-state index in [0.717, 1.165) is 48.3 Å². The van der Waals surface area contributed by atoms with Crippen LogP contribution in [0.25, 0.3) is 35.3 Å². The maximum Gasteiger partial charge on any atom is 0.112 e. The van der Waals surface area contributed by atoms with Crippen LogP contribution in [0.15, 0.2) is 60.7 Å². The third-order valence-electron chi connectivity index (χ3n) is 10.0. The Hall–Kier alpha value is -3.44. The number of aromatic nitrogens is 2. The summed E-state index contributed by atoms with van der Waals surface area (Å²) in [7, 11) is 0. The monoisotopic (exact) mass is 707 g/mol. The smallest absolute Gasteiger partial charge is 0.112 e. The lowest BCUT2D eigenvalue weighted by molar-refractivity contribution is 0.609. The number of rotatable bonds is 26. The molecule has 4 aromatic rings. The Balaban J connectivity index is 1.40. The highest BCUT2D eigenvalue weighted by atomic mass is 32.1. The normalized spacial score (nSPS) is 11.8. The highest BCUT2D eigenvalue weighted by Gasteiger charge is 2.10. The highest BCUT2D eigenvalue weighted by molar-refractivity contribution is 7.00. The Morgan fingerprint density at radius 3 is 1.06 bits per heavy atom. The average molecular weight is 707 g/mol. The van der Waals surface area contributed by atoms with Gasteiger partial charge in [-0.1, -0.05) is 165 Å². The van der Waals surface area contributed by atoms with Crippen molar-refractivity contribution < 1.29 is 0 Å². The lowest BCUT2D eigenvalue weighted by Gasteiger charge is -2.25. The molecule has 0 aliphatic carbocycles. The molecule has 0 saturated carbocycles. The molecule has 0 fully saturated rings. The van der Waals surface area contributed by atoms with E-state index in [1.165, 1.54) is 137 Å². The van der Waals surface area contributed by atoms with Gasteiger partial charge in [-0.05, 0) is 61.1 Å². The van der Waals surface area contributed by atoms with Gasteiger partial charge in [0, 0.05) is 48.7 Å². The van der Waals surface area contributed by atoms with Gasteiger partial charge in [-0.2, -0.15) is 8.75 Å². The van der Waals surface area contributed by atoms with Crippen molar-refractivity contribution in [2.24, 2.45) is 0 Å². The molecule has 0 saturated heterocycles. The van der Waals surface area contributed by atoms with E-state index in [-0.39, 0.29) is 0 Å². The van der Waals surface area contributed by atoms with Gasteiger partial charge in [-0.25, -0.2) is 0 Å². The van der Waals surface area contributed by atoms with Gasteiger partial charge in [0.2, 0.25) is 0 Å². The second kappa shape index (κ2) is 23.9. The van der Waals surface area contributed by atoms with E-state index in [4.69, 9.17) is 8.75 Å². The number of unbranched alkanes of at least 4 members (excludes halogenated alkanes) is 12. The summed E-state index contributed by atoms with van der Waals surface area (Å²) in [6, 6.07) is 22.6. The summed E-state index contributed by atoms with van der Waals surface area (Å²) in [5.74, 6) is 0. The zero-order valence-corrected chi connectivity index (χ0v) is 33.2. The second-order valence-corrected chi connectivity index (χ2v) is 14.8. The van der Waals surface area contributed by atoms with Crippen LogP contribution in [0.3, 0.4) is 0 Å². The van der Waals surface area contributed by atoms with E-state index >= 15 is 0 Å². The summed E-state index contributed by atoms with van der Waals surface area (Å²) in [5, 5.41) is 0. The fraction of sp³-hybridized carbons (Fsp3) is 0.522. The molecule has 0 spiro atoms. The molecule has 0 aliphatic heterocycles. The van der Waals surface area contributed by atoms with Crippen LogP contribution in [0.4, 0.5) is 11.4 Å². The standard InChI is InChI=1S/C46H66N4S/c1-5-9-13-17-35-49(36-18-14-10-6-2)43-31-23-39(24-32-43)21-27-41-29-30-42(46-45(41)47-51-48-46)28-22-40-25-33-44(34-26-40)50(37-19-15-11-7-3)38-20-16-12-8-4/h21-34H,5-20,35-38H2,1-4H3/b27-21+,28-22+. The van der Waals surface area contributed by atoms with Gasteiger partial charge in [0.05, 0.1) is 11.7 Å². The summed E-state index contributed by atoms with van der Waals surface area (Å²) in [6.07, 6.45) is 29.6. The molecule has 276 valence electrons. The maximum atomic E-state index is 4.70. The molecule has 0 bridgehead atoms. The Morgan fingerprint density at radius 2 is 0.745 bits per heavy atom. The van der Waals surface area contributed by atoms with Gasteiger partial charge < -0.3 is 9.80 Å². The maximum absolute atomic E-state index is 4.70. The minimum Gasteiger partial charge on any atom is -0.372 e. The predicted octanol–water partition coefficient (Wildman–Crippen LogP) is 14.0. The van der Waals surface area contributed by atoms with E-state index in [1.54, 1.807) is 0 Å². The third kappa shape index (κ3) is 13.9. The van der Waals surface area contributed by atoms with E-state index in [1.807, 2.05) is 0 Å². The Labute approximate surface area is 315 Å². The predicted molar refractivity (Wildman–Crippen MR) is 229 cm³/mol. The van der Waals surface area contributed by atoms with Crippen molar-refractivity contribution in [2.45, 2.75) is 130 Å². The van der Waals surface area contributed by atoms with Crippen molar-refractivity contribution in [3.63, 3.8) is 0 Å². The molecule has 51 heavy (non-hydrogen) atoms. The van der Waals surface area contributed by atoms with E-state index in [2.05, 4.69) is 122 Å².